The first-order valence-electron chi connectivity index (χ1n) is 7.82. The summed E-state index contributed by atoms with van der Waals surface area (Å²) in [6, 6.07) is 10.4. The molecule has 0 saturated carbocycles. The summed E-state index contributed by atoms with van der Waals surface area (Å²) >= 11 is 3.03. The Hall–Kier alpha value is -2.12. The van der Waals surface area contributed by atoms with Crippen molar-refractivity contribution in [1.82, 2.24) is 10.4 Å². The second kappa shape index (κ2) is 7.84. The number of carbonyl (C=O) groups is 1. The van der Waals surface area contributed by atoms with E-state index in [1.807, 2.05) is 6.92 Å². The van der Waals surface area contributed by atoms with Gasteiger partial charge in [0.25, 0.3) is 0 Å². The van der Waals surface area contributed by atoms with Crippen molar-refractivity contribution in [2.75, 3.05) is 11.2 Å². The van der Waals surface area contributed by atoms with Gasteiger partial charge in [0, 0.05) is 17.1 Å². The van der Waals surface area contributed by atoms with E-state index < -0.39 is 0 Å². The Morgan fingerprint density at radius 1 is 1.24 bits per heavy atom. The van der Waals surface area contributed by atoms with Crippen LogP contribution >= 0.6 is 23.1 Å². The Bertz CT molecular complexity index is 893. The van der Waals surface area contributed by atoms with Crippen molar-refractivity contribution in [3.63, 3.8) is 0 Å². The quantitative estimate of drug-likeness (QED) is 0.485. The molecule has 0 atom stereocenters. The highest BCUT2D eigenvalue weighted by molar-refractivity contribution is 7.99. The summed E-state index contributed by atoms with van der Waals surface area (Å²) in [6.45, 7) is 4.09. The van der Waals surface area contributed by atoms with Crippen molar-refractivity contribution in [2.24, 2.45) is 0 Å². The van der Waals surface area contributed by atoms with Crippen LogP contribution in [-0.2, 0) is 4.79 Å². The largest absolute Gasteiger partial charge is 0.273 e. The highest BCUT2D eigenvalue weighted by atomic mass is 32.2. The molecule has 0 aliphatic carbocycles. The average molecular weight is 375 g/mol. The highest BCUT2D eigenvalue weighted by Crippen LogP contribution is 2.28. The summed E-state index contributed by atoms with van der Waals surface area (Å²) in [4.78, 5) is 17.4. The molecular formula is C18H18FN3OS2. The van der Waals surface area contributed by atoms with Crippen LogP contribution < -0.4 is 10.9 Å². The predicted octanol–water partition coefficient (Wildman–Crippen LogP) is 4.68. The van der Waals surface area contributed by atoms with Crippen molar-refractivity contribution < 1.29 is 9.18 Å². The van der Waals surface area contributed by atoms with Gasteiger partial charge in [-0.3, -0.25) is 15.6 Å². The Morgan fingerprint density at radius 2 is 2.00 bits per heavy atom. The van der Waals surface area contributed by atoms with Gasteiger partial charge < -0.3 is 0 Å². The van der Waals surface area contributed by atoms with E-state index in [4.69, 9.17) is 0 Å². The van der Waals surface area contributed by atoms with Crippen LogP contribution in [0.15, 0.2) is 41.3 Å². The normalized spacial score (nSPS) is 10.8. The van der Waals surface area contributed by atoms with Crippen LogP contribution in [0.5, 0.6) is 0 Å². The van der Waals surface area contributed by atoms with Crippen LogP contribution in [0.3, 0.4) is 0 Å². The number of nitrogens with one attached hydrogen (secondary N) is 2. The first-order valence-corrected chi connectivity index (χ1v) is 9.62. The molecule has 0 unspecified atom stereocenters. The minimum absolute atomic E-state index is 0.109. The number of rotatable bonds is 6. The molecule has 130 valence electrons. The fourth-order valence-corrected chi connectivity index (χ4v) is 4.25. The molecule has 0 radical (unpaired) electrons. The van der Waals surface area contributed by atoms with Gasteiger partial charge in [0.15, 0.2) is 0 Å². The number of anilines is 1. The maximum Gasteiger partial charge on any atom is 0.239 e. The van der Waals surface area contributed by atoms with E-state index in [2.05, 4.69) is 34.9 Å². The second-order valence-electron chi connectivity index (χ2n) is 5.67. The lowest BCUT2D eigenvalue weighted by Crippen LogP contribution is -2.29. The van der Waals surface area contributed by atoms with Gasteiger partial charge in [-0.15, -0.1) is 11.8 Å². The molecule has 3 aromatic rings. The molecule has 0 spiro atoms. The number of aromatic nitrogens is 1. The van der Waals surface area contributed by atoms with Crippen molar-refractivity contribution >= 4 is 44.4 Å². The number of hydrazine groups is 1. The smallest absolute Gasteiger partial charge is 0.239 e. The summed E-state index contributed by atoms with van der Waals surface area (Å²) in [5, 5.41) is 0.670. The van der Waals surface area contributed by atoms with Gasteiger partial charge in [0.2, 0.25) is 11.0 Å². The lowest BCUT2D eigenvalue weighted by Gasteiger charge is -2.05. The number of thiazole rings is 1. The maximum atomic E-state index is 12.8. The van der Waals surface area contributed by atoms with Crippen LogP contribution in [0.2, 0.25) is 0 Å². The number of hydrogen-bond donors (Lipinski definition) is 2. The van der Waals surface area contributed by atoms with Crippen LogP contribution in [0, 0.1) is 19.7 Å². The van der Waals surface area contributed by atoms with E-state index in [0.29, 0.717) is 17.3 Å². The van der Waals surface area contributed by atoms with Gasteiger partial charge in [-0.2, -0.15) is 0 Å². The van der Waals surface area contributed by atoms with Gasteiger partial charge in [0.05, 0.1) is 10.2 Å². The van der Waals surface area contributed by atoms with Crippen LogP contribution in [0.25, 0.3) is 10.2 Å². The van der Waals surface area contributed by atoms with Crippen molar-refractivity contribution in [3.05, 3.63) is 53.3 Å². The number of amides is 1. The number of aryl methyl sites for hydroxylation is 2. The van der Waals surface area contributed by atoms with Crippen molar-refractivity contribution in [3.8, 4) is 0 Å². The maximum absolute atomic E-state index is 12.8. The topological polar surface area (TPSA) is 54.0 Å². The minimum atomic E-state index is -0.257. The zero-order valence-electron chi connectivity index (χ0n) is 13.9. The molecule has 2 aromatic carbocycles. The molecule has 1 aromatic heterocycles. The zero-order chi connectivity index (χ0) is 17.8. The molecule has 25 heavy (non-hydrogen) atoms. The minimum Gasteiger partial charge on any atom is -0.273 e. The Balaban J connectivity index is 1.49. The third kappa shape index (κ3) is 4.70. The molecule has 0 aliphatic heterocycles. The number of benzene rings is 2. The first-order chi connectivity index (χ1) is 12.0. The molecule has 0 saturated heterocycles. The molecule has 1 heterocycles. The average Bonchev–Trinajstić information content (AvgIpc) is 2.98. The fourth-order valence-electron chi connectivity index (χ4n) is 2.40. The summed E-state index contributed by atoms with van der Waals surface area (Å²) < 4.78 is 13.9. The van der Waals surface area contributed by atoms with Gasteiger partial charge in [-0.05, 0) is 55.3 Å². The Kier molecular flexibility index (Phi) is 5.55. The van der Waals surface area contributed by atoms with Gasteiger partial charge in [-0.1, -0.05) is 17.4 Å². The summed E-state index contributed by atoms with van der Waals surface area (Å²) in [5.74, 6) is 0.256. The van der Waals surface area contributed by atoms with Crippen LogP contribution in [0.4, 0.5) is 9.52 Å². The molecule has 0 fully saturated rings. The summed E-state index contributed by atoms with van der Waals surface area (Å²) in [5.41, 5.74) is 8.84. The number of fused-ring (bicyclic) bond motifs is 1. The SMILES string of the molecule is Cc1cc(C)c2nc(NNC(=O)CCSc3ccc(F)cc3)sc2c1. The van der Waals surface area contributed by atoms with Crippen LogP contribution in [-0.4, -0.2) is 16.6 Å². The number of thioether (sulfide) groups is 1. The highest BCUT2D eigenvalue weighted by Gasteiger charge is 2.08. The Morgan fingerprint density at radius 3 is 2.76 bits per heavy atom. The molecule has 0 aliphatic rings. The van der Waals surface area contributed by atoms with Crippen molar-refractivity contribution in [2.45, 2.75) is 25.2 Å². The molecule has 1 amide bonds. The number of nitrogens with zero attached hydrogens (tertiary/aromatic N) is 1. The van der Waals surface area contributed by atoms with Gasteiger partial charge in [0.1, 0.15) is 5.82 Å². The molecule has 7 heteroatoms. The second-order valence-corrected chi connectivity index (χ2v) is 7.87. The fraction of sp³-hybridized carbons (Fsp3) is 0.222. The molecule has 4 nitrogen and oxygen atoms in total. The van der Waals surface area contributed by atoms with Gasteiger partial charge in [-0.25, -0.2) is 9.37 Å². The molecule has 0 bridgehead atoms. The van der Waals surface area contributed by atoms with Crippen molar-refractivity contribution in [1.29, 1.82) is 0 Å². The van der Waals surface area contributed by atoms with Crippen LogP contribution in [0.1, 0.15) is 17.5 Å². The van der Waals surface area contributed by atoms with E-state index in [0.717, 1.165) is 20.7 Å². The van der Waals surface area contributed by atoms with E-state index in [-0.39, 0.29) is 11.7 Å². The number of hydrogen-bond acceptors (Lipinski definition) is 5. The molecule has 3 rings (SSSR count). The Labute approximate surface area is 153 Å². The summed E-state index contributed by atoms with van der Waals surface area (Å²) in [6.07, 6.45) is 0.359. The monoisotopic (exact) mass is 375 g/mol. The molecular weight excluding hydrogens is 357 g/mol. The first kappa shape index (κ1) is 17.7. The third-order valence-corrected chi connectivity index (χ3v) is 5.48. The summed E-state index contributed by atoms with van der Waals surface area (Å²) in [7, 11) is 0. The third-order valence-electron chi connectivity index (χ3n) is 3.55. The lowest BCUT2D eigenvalue weighted by atomic mass is 10.1. The van der Waals surface area contributed by atoms with E-state index in [1.165, 1.54) is 40.8 Å². The zero-order valence-corrected chi connectivity index (χ0v) is 15.6. The van der Waals surface area contributed by atoms with E-state index >= 15 is 0 Å². The molecule has 2 N–H and O–H groups in total. The standard InChI is InChI=1S/C18H18FN3OS2/c1-11-9-12(2)17-15(10-11)25-18(20-17)22-21-16(23)7-8-24-14-5-3-13(19)4-6-14/h3-6,9-10H,7-8H2,1-2H3,(H,20,22)(H,21,23). The predicted molar refractivity (Wildman–Crippen MR) is 103 cm³/mol. The van der Waals surface area contributed by atoms with Gasteiger partial charge >= 0.3 is 0 Å². The number of halogens is 1. The lowest BCUT2D eigenvalue weighted by molar-refractivity contribution is -0.120. The van der Waals surface area contributed by atoms with E-state index in [9.17, 15) is 9.18 Å². The number of carbonyl (C=O) groups excluding carboxylic acids is 1. The van der Waals surface area contributed by atoms with E-state index in [1.54, 1.807) is 12.1 Å².